The summed E-state index contributed by atoms with van der Waals surface area (Å²) in [5.41, 5.74) is 9.23. The van der Waals surface area contributed by atoms with Gasteiger partial charge in [-0.1, -0.05) is 23.8 Å². The zero-order valence-electron chi connectivity index (χ0n) is 11.5. The number of nitrogens with two attached hydrogens (primary N) is 1. The van der Waals surface area contributed by atoms with Crippen LogP contribution in [-0.4, -0.2) is 23.2 Å². The van der Waals surface area contributed by atoms with Crippen molar-refractivity contribution in [1.82, 2.24) is 5.32 Å². The lowest BCUT2D eigenvalue weighted by Crippen LogP contribution is -2.30. The monoisotopic (exact) mass is 262 g/mol. The van der Waals surface area contributed by atoms with Crippen molar-refractivity contribution in [3.63, 3.8) is 0 Å². The Morgan fingerprint density at radius 3 is 2.79 bits per heavy atom. The van der Waals surface area contributed by atoms with Crippen molar-refractivity contribution >= 4 is 5.91 Å². The number of nitrogens with one attached hydrogen (secondary N) is 1. The summed E-state index contributed by atoms with van der Waals surface area (Å²) < 4.78 is 0. The van der Waals surface area contributed by atoms with Gasteiger partial charge < -0.3 is 16.2 Å². The summed E-state index contributed by atoms with van der Waals surface area (Å²) in [4.78, 5) is 12.0. The van der Waals surface area contributed by atoms with Gasteiger partial charge in [0.1, 0.15) is 0 Å². The van der Waals surface area contributed by atoms with Gasteiger partial charge in [0.25, 0.3) is 0 Å². The van der Waals surface area contributed by atoms with Crippen LogP contribution in [0.2, 0.25) is 0 Å². The second kappa shape index (κ2) is 5.72. The topological polar surface area (TPSA) is 75.4 Å². The minimum atomic E-state index is -0.545. The zero-order chi connectivity index (χ0) is 14.0. The zero-order valence-corrected chi connectivity index (χ0v) is 11.5. The summed E-state index contributed by atoms with van der Waals surface area (Å²) in [5.74, 6) is -0.164. The van der Waals surface area contributed by atoms with Crippen LogP contribution in [0.15, 0.2) is 18.2 Å². The van der Waals surface area contributed by atoms with Gasteiger partial charge in [0.2, 0.25) is 5.91 Å². The Kier molecular flexibility index (Phi) is 4.22. The first-order chi connectivity index (χ1) is 8.97. The largest absolute Gasteiger partial charge is 0.391 e. The van der Waals surface area contributed by atoms with Crippen molar-refractivity contribution in [2.24, 2.45) is 11.7 Å². The summed E-state index contributed by atoms with van der Waals surface area (Å²) in [5, 5.41) is 12.5. The fraction of sp³-hybridized carbons (Fsp3) is 0.533. The molecular weight excluding hydrogens is 240 g/mol. The van der Waals surface area contributed by atoms with E-state index in [0.717, 1.165) is 5.56 Å². The molecule has 0 aliphatic heterocycles. The second-order valence-electron chi connectivity index (χ2n) is 5.55. The maximum Gasteiger partial charge on any atom is 0.223 e. The minimum absolute atomic E-state index is 0.00657. The highest BCUT2D eigenvalue weighted by Gasteiger charge is 2.34. The third-order valence-electron chi connectivity index (χ3n) is 3.91. The van der Waals surface area contributed by atoms with E-state index in [4.69, 9.17) is 5.73 Å². The third-order valence-corrected chi connectivity index (χ3v) is 3.91. The summed E-state index contributed by atoms with van der Waals surface area (Å²) in [7, 11) is 0. The van der Waals surface area contributed by atoms with Crippen LogP contribution in [0.1, 0.15) is 29.5 Å². The van der Waals surface area contributed by atoms with E-state index >= 15 is 0 Å². The van der Waals surface area contributed by atoms with Crippen molar-refractivity contribution < 1.29 is 9.90 Å². The predicted octanol–water partition coefficient (Wildman–Crippen LogP) is 1.02. The van der Waals surface area contributed by atoms with Gasteiger partial charge in [0, 0.05) is 18.5 Å². The van der Waals surface area contributed by atoms with Gasteiger partial charge >= 0.3 is 0 Å². The molecular formula is C15H22N2O2. The summed E-state index contributed by atoms with van der Waals surface area (Å²) in [6.07, 6.45) is 0.496. The van der Waals surface area contributed by atoms with Crippen LogP contribution < -0.4 is 11.1 Å². The quantitative estimate of drug-likeness (QED) is 0.761. The number of hydrogen-bond donors (Lipinski definition) is 3. The average molecular weight is 262 g/mol. The fourth-order valence-corrected chi connectivity index (χ4v) is 2.58. The van der Waals surface area contributed by atoms with E-state index in [1.54, 1.807) is 0 Å². The summed E-state index contributed by atoms with van der Waals surface area (Å²) in [6.45, 7) is 4.61. The Morgan fingerprint density at radius 1 is 1.42 bits per heavy atom. The van der Waals surface area contributed by atoms with Crippen molar-refractivity contribution in [2.75, 3.05) is 0 Å². The van der Waals surface area contributed by atoms with Gasteiger partial charge in [-0.15, -0.1) is 0 Å². The Bertz CT molecular complexity index is 463. The van der Waals surface area contributed by atoms with Crippen LogP contribution in [0, 0.1) is 19.8 Å². The standard InChI is InChI=1S/C15H22N2O2/c1-9-3-4-10(2)12(5-9)8-17-15(19)11-6-13(16)14(18)7-11/h3-5,11,13-14,18H,6-8,16H2,1-2H3,(H,17,19)/t11-,13+,14+/m0/s1. The molecule has 0 saturated heterocycles. The highest BCUT2D eigenvalue weighted by molar-refractivity contribution is 5.79. The van der Waals surface area contributed by atoms with Crippen molar-refractivity contribution in [3.05, 3.63) is 34.9 Å². The molecule has 0 aromatic heterocycles. The number of hydrogen-bond acceptors (Lipinski definition) is 3. The number of carbonyl (C=O) groups excluding carboxylic acids is 1. The van der Waals surface area contributed by atoms with Gasteiger partial charge in [0.05, 0.1) is 6.10 Å². The Morgan fingerprint density at radius 2 is 2.16 bits per heavy atom. The average Bonchev–Trinajstić information content (AvgIpc) is 2.70. The molecule has 104 valence electrons. The summed E-state index contributed by atoms with van der Waals surface area (Å²) in [6, 6.07) is 5.95. The van der Waals surface area contributed by atoms with E-state index < -0.39 is 6.10 Å². The number of carbonyl (C=O) groups is 1. The lowest BCUT2D eigenvalue weighted by atomic mass is 10.0. The van der Waals surface area contributed by atoms with Crippen LogP contribution >= 0.6 is 0 Å². The fourth-order valence-electron chi connectivity index (χ4n) is 2.58. The molecule has 1 aliphatic carbocycles. The van der Waals surface area contributed by atoms with Crippen LogP contribution in [0.3, 0.4) is 0 Å². The van der Waals surface area contributed by atoms with E-state index in [1.165, 1.54) is 11.1 Å². The van der Waals surface area contributed by atoms with Crippen molar-refractivity contribution in [3.8, 4) is 0 Å². The molecule has 0 heterocycles. The second-order valence-corrected chi connectivity index (χ2v) is 5.55. The normalized spacial score (nSPS) is 26.4. The highest BCUT2D eigenvalue weighted by Crippen LogP contribution is 2.25. The molecule has 3 atom stereocenters. The molecule has 4 N–H and O–H groups in total. The molecule has 1 aliphatic rings. The van der Waals surface area contributed by atoms with E-state index in [9.17, 15) is 9.90 Å². The number of rotatable bonds is 3. The number of aryl methyl sites for hydroxylation is 2. The molecule has 4 heteroatoms. The predicted molar refractivity (Wildman–Crippen MR) is 74.5 cm³/mol. The van der Waals surface area contributed by atoms with Crippen LogP contribution in [0.5, 0.6) is 0 Å². The lowest BCUT2D eigenvalue weighted by molar-refractivity contribution is -0.125. The Balaban J connectivity index is 1.92. The number of aliphatic hydroxyl groups excluding tert-OH is 1. The van der Waals surface area contributed by atoms with E-state index in [1.807, 2.05) is 13.8 Å². The SMILES string of the molecule is Cc1ccc(C)c(CNC(=O)[C@H]2C[C@@H](N)[C@H](O)C2)c1. The molecule has 2 rings (SSSR count). The van der Waals surface area contributed by atoms with Gasteiger partial charge in [-0.3, -0.25) is 4.79 Å². The summed E-state index contributed by atoms with van der Waals surface area (Å²) >= 11 is 0. The van der Waals surface area contributed by atoms with Crippen molar-refractivity contribution in [2.45, 2.75) is 45.4 Å². The first-order valence-electron chi connectivity index (χ1n) is 6.75. The van der Waals surface area contributed by atoms with Crippen molar-refractivity contribution in [1.29, 1.82) is 0 Å². The Labute approximate surface area is 114 Å². The lowest BCUT2D eigenvalue weighted by Gasteiger charge is -2.12. The first kappa shape index (κ1) is 14.0. The van der Waals surface area contributed by atoms with E-state index in [-0.39, 0.29) is 17.9 Å². The highest BCUT2D eigenvalue weighted by atomic mass is 16.3. The number of aliphatic hydroxyl groups is 1. The molecule has 0 spiro atoms. The maximum atomic E-state index is 12.0. The number of amides is 1. The first-order valence-corrected chi connectivity index (χ1v) is 6.75. The molecule has 1 amide bonds. The minimum Gasteiger partial charge on any atom is -0.391 e. The van der Waals surface area contributed by atoms with Gasteiger partial charge in [-0.05, 0) is 37.8 Å². The van der Waals surface area contributed by atoms with Crippen LogP contribution in [-0.2, 0) is 11.3 Å². The van der Waals surface area contributed by atoms with Gasteiger partial charge in [0.15, 0.2) is 0 Å². The van der Waals surface area contributed by atoms with Crippen LogP contribution in [0.4, 0.5) is 0 Å². The molecule has 1 aromatic rings. The maximum absolute atomic E-state index is 12.0. The number of benzene rings is 1. The molecule has 0 radical (unpaired) electrons. The van der Waals surface area contributed by atoms with Crippen LogP contribution in [0.25, 0.3) is 0 Å². The molecule has 0 unspecified atom stereocenters. The Hall–Kier alpha value is -1.39. The van der Waals surface area contributed by atoms with Gasteiger partial charge in [-0.2, -0.15) is 0 Å². The molecule has 1 saturated carbocycles. The third kappa shape index (κ3) is 3.33. The molecule has 4 nitrogen and oxygen atoms in total. The smallest absolute Gasteiger partial charge is 0.223 e. The molecule has 19 heavy (non-hydrogen) atoms. The molecule has 0 bridgehead atoms. The molecule has 1 fully saturated rings. The van der Waals surface area contributed by atoms with Gasteiger partial charge in [-0.25, -0.2) is 0 Å². The molecule has 1 aromatic carbocycles. The van der Waals surface area contributed by atoms with E-state index in [2.05, 4.69) is 23.5 Å². The van der Waals surface area contributed by atoms with E-state index in [0.29, 0.717) is 19.4 Å².